The summed E-state index contributed by atoms with van der Waals surface area (Å²) in [7, 11) is 0. The Balaban J connectivity index is 1.77. The van der Waals surface area contributed by atoms with E-state index in [4.69, 9.17) is 9.47 Å². The fraction of sp³-hybridized carbons (Fsp3) is 0.600. The molecule has 6 heteroatoms. The van der Waals surface area contributed by atoms with Gasteiger partial charge in [0, 0.05) is 12.1 Å². The maximum atomic E-state index is 13.0. The number of amides is 2. The monoisotopic (exact) mass is 360 g/mol. The van der Waals surface area contributed by atoms with Crippen LogP contribution in [0.5, 0.6) is 0 Å². The minimum atomic E-state index is -0.738. The molecule has 1 aromatic rings. The summed E-state index contributed by atoms with van der Waals surface area (Å²) in [5.41, 5.74) is 0.565. The summed E-state index contributed by atoms with van der Waals surface area (Å²) in [5.74, 6) is -1.07. The minimum Gasteiger partial charge on any atom is -0.354 e. The zero-order valence-corrected chi connectivity index (χ0v) is 15.7. The number of likely N-dealkylation sites (tertiary alicyclic amines) is 1. The Bertz CT molecular complexity index is 646. The SMILES string of the molecule is CCCCCNC(=O)[C@@H]1[C@H]2OC(C)(C)O[C@H]2CN1C(=O)c1ccccc1. The van der Waals surface area contributed by atoms with Crippen LogP contribution >= 0.6 is 0 Å². The van der Waals surface area contributed by atoms with Crippen molar-refractivity contribution in [3.8, 4) is 0 Å². The summed E-state index contributed by atoms with van der Waals surface area (Å²) in [6, 6.07) is 8.36. The quantitative estimate of drug-likeness (QED) is 0.791. The second kappa shape index (κ2) is 7.76. The molecule has 2 fully saturated rings. The van der Waals surface area contributed by atoms with E-state index >= 15 is 0 Å². The van der Waals surface area contributed by atoms with Crippen molar-refractivity contribution in [2.75, 3.05) is 13.1 Å². The molecule has 3 rings (SSSR count). The number of carbonyl (C=O) groups is 2. The van der Waals surface area contributed by atoms with E-state index in [2.05, 4.69) is 12.2 Å². The van der Waals surface area contributed by atoms with Crippen molar-refractivity contribution in [3.63, 3.8) is 0 Å². The van der Waals surface area contributed by atoms with E-state index in [0.29, 0.717) is 18.7 Å². The third kappa shape index (κ3) is 3.91. The predicted octanol–water partition coefficient (Wildman–Crippen LogP) is 2.34. The number of rotatable bonds is 6. The summed E-state index contributed by atoms with van der Waals surface area (Å²) >= 11 is 0. The van der Waals surface area contributed by atoms with Crippen LogP contribution in [0.4, 0.5) is 0 Å². The largest absolute Gasteiger partial charge is 0.354 e. The number of fused-ring (bicyclic) bond motifs is 1. The molecule has 0 bridgehead atoms. The number of nitrogens with one attached hydrogen (secondary N) is 1. The first-order valence-corrected chi connectivity index (χ1v) is 9.42. The molecule has 2 heterocycles. The molecule has 142 valence electrons. The van der Waals surface area contributed by atoms with Crippen molar-refractivity contribution in [2.45, 2.75) is 64.1 Å². The van der Waals surface area contributed by atoms with E-state index < -0.39 is 17.9 Å². The van der Waals surface area contributed by atoms with Crippen molar-refractivity contribution in [1.82, 2.24) is 10.2 Å². The first-order chi connectivity index (χ1) is 12.4. The summed E-state index contributed by atoms with van der Waals surface area (Å²) in [6.45, 7) is 6.76. The van der Waals surface area contributed by atoms with Gasteiger partial charge in [-0.1, -0.05) is 38.0 Å². The second-order valence-electron chi connectivity index (χ2n) is 7.41. The van der Waals surface area contributed by atoms with Crippen LogP contribution in [-0.2, 0) is 14.3 Å². The van der Waals surface area contributed by atoms with Gasteiger partial charge in [0.05, 0.1) is 6.54 Å². The fourth-order valence-corrected chi connectivity index (χ4v) is 3.69. The van der Waals surface area contributed by atoms with Crippen LogP contribution in [0, 0.1) is 0 Å². The third-order valence-electron chi connectivity index (χ3n) is 4.87. The van der Waals surface area contributed by atoms with E-state index in [1.807, 2.05) is 32.0 Å². The van der Waals surface area contributed by atoms with Crippen molar-refractivity contribution >= 4 is 11.8 Å². The van der Waals surface area contributed by atoms with Gasteiger partial charge in [-0.15, -0.1) is 0 Å². The van der Waals surface area contributed by atoms with Crippen LogP contribution < -0.4 is 5.32 Å². The number of carbonyl (C=O) groups excluding carboxylic acids is 2. The normalized spacial score (nSPS) is 26.6. The molecule has 2 saturated heterocycles. The molecule has 2 aliphatic rings. The molecular weight excluding hydrogens is 332 g/mol. The first-order valence-electron chi connectivity index (χ1n) is 9.42. The lowest BCUT2D eigenvalue weighted by Crippen LogP contribution is -2.51. The van der Waals surface area contributed by atoms with Gasteiger partial charge < -0.3 is 19.7 Å². The van der Waals surface area contributed by atoms with Crippen LogP contribution in [0.3, 0.4) is 0 Å². The van der Waals surface area contributed by atoms with Crippen molar-refractivity contribution in [2.24, 2.45) is 0 Å². The molecule has 0 aromatic heterocycles. The number of nitrogens with zero attached hydrogens (tertiary/aromatic N) is 1. The van der Waals surface area contributed by atoms with Crippen molar-refractivity contribution < 1.29 is 19.1 Å². The molecule has 0 unspecified atom stereocenters. The molecule has 0 aliphatic carbocycles. The summed E-state index contributed by atoms with van der Waals surface area (Å²) in [5, 5.41) is 2.97. The number of unbranched alkanes of at least 4 members (excludes halogenated alkanes) is 2. The third-order valence-corrected chi connectivity index (χ3v) is 4.87. The maximum Gasteiger partial charge on any atom is 0.254 e. The van der Waals surface area contributed by atoms with Gasteiger partial charge in [0.2, 0.25) is 5.91 Å². The Labute approximate surface area is 154 Å². The topological polar surface area (TPSA) is 67.9 Å². The van der Waals surface area contributed by atoms with Gasteiger partial charge in [-0.25, -0.2) is 0 Å². The van der Waals surface area contributed by atoms with Gasteiger partial charge in [-0.2, -0.15) is 0 Å². The van der Waals surface area contributed by atoms with Crippen LogP contribution in [0.2, 0.25) is 0 Å². The van der Waals surface area contributed by atoms with Crippen molar-refractivity contribution in [1.29, 1.82) is 0 Å². The van der Waals surface area contributed by atoms with Gasteiger partial charge in [0.1, 0.15) is 18.2 Å². The molecule has 0 radical (unpaired) electrons. The molecule has 0 spiro atoms. The molecule has 0 saturated carbocycles. The number of benzene rings is 1. The number of hydrogen-bond acceptors (Lipinski definition) is 4. The minimum absolute atomic E-state index is 0.167. The summed E-state index contributed by atoms with van der Waals surface area (Å²) < 4.78 is 11.9. The number of hydrogen-bond donors (Lipinski definition) is 1. The highest BCUT2D eigenvalue weighted by Gasteiger charge is 2.56. The first kappa shape index (κ1) is 18.9. The van der Waals surface area contributed by atoms with E-state index in [0.717, 1.165) is 19.3 Å². The van der Waals surface area contributed by atoms with Crippen LogP contribution in [0.25, 0.3) is 0 Å². The van der Waals surface area contributed by atoms with Gasteiger partial charge in [-0.3, -0.25) is 9.59 Å². The molecule has 3 atom stereocenters. The average Bonchev–Trinajstić information content (AvgIpc) is 3.10. The number of ether oxygens (including phenoxy) is 2. The summed E-state index contributed by atoms with van der Waals surface area (Å²) in [4.78, 5) is 27.4. The van der Waals surface area contributed by atoms with Crippen LogP contribution in [0.1, 0.15) is 50.4 Å². The van der Waals surface area contributed by atoms with E-state index in [-0.39, 0.29) is 17.9 Å². The van der Waals surface area contributed by atoms with Crippen molar-refractivity contribution in [3.05, 3.63) is 35.9 Å². The Morgan fingerprint density at radius 1 is 1.19 bits per heavy atom. The predicted molar refractivity (Wildman–Crippen MR) is 97.6 cm³/mol. The van der Waals surface area contributed by atoms with E-state index in [1.165, 1.54) is 0 Å². The zero-order chi connectivity index (χ0) is 18.7. The lowest BCUT2D eigenvalue weighted by molar-refractivity contribution is -0.162. The molecule has 2 amide bonds. The molecular formula is C20H28N2O4. The Hall–Kier alpha value is -1.92. The Morgan fingerprint density at radius 3 is 2.62 bits per heavy atom. The zero-order valence-electron chi connectivity index (χ0n) is 15.7. The maximum absolute atomic E-state index is 13.0. The molecule has 1 aromatic carbocycles. The lowest BCUT2D eigenvalue weighted by atomic mass is 10.1. The fourth-order valence-electron chi connectivity index (χ4n) is 3.69. The van der Waals surface area contributed by atoms with Crippen LogP contribution in [-0.4, -0.2) is 53.8 Å². The second-order valence-corrected chi connectivity index (χ2v) is 7.41. The van der Waals surface area contributed by atoms with Gasteiger partial charge in [0.25, 0.3) is 5.91 Å². The van der Waals surface area contributed by atoms with E-state index in [1.54, 1.807) is 17.0 Å². The van der Waals surface area contributed by atoms with Gasteiger partial charge in [0.15, 0.2) is 5.79 Å². The van der Waals surface area contributed by atoms with Crippen LogP contribution in [0.15, 0.2) is 30.3 Å². The highest BCUT2D eigenvalue weighted by atomic mass is 16.8. The lowest BCUT2D eigenvalue weighted by Gasteiger charge is -2.29. The standard InChI is InChI=1S/C20H28N2O4/c1-4-5-9-12-21-18(23)16-17-15(25-20(2,3)26-17)13-22(16)19(24)14-10-7-6-8-11-14/h6-8,10-11,15-17H,4-5,9,12-13H2,1-3H3,(H,21,23)/t15-,16-,17-/m0/s1. The molecule has 2 aliphatic heterocycles. The summed E-state index contributed by atoms with van der Waals surface area (Å²) in [6.07, 6.45) is 2.36. The Kier molecular flexibility index (Phi) is 5.63. The highest BCUT2D eigenvalue weighted by molar-refractivity contribution is 5.98. The average molecular weight is 360 g/mol. The molecule has 26 heavy (non-hydrogen) atoms. The van der Waals surface area contributed by atoms with Gasteiger partial charge >= 0.3 is 0 Å². The van der Waals surface area contributed by atoms with E-state index in [9.17, 15) is 9.59 Å². The molecule has 1 N–H and O–H groups in total. The smallest absolute Gasteiger partial charge is 0.254 e. The molecule has 6 nitrogen and oxygen atoms in total. The highest BCUT2D eigenvalue weighted by Crippen LogP contribution is 2.37. The van der Waals surface area contributed by atoms with Gasteiger partial charge in [-0.05, 0) is 32.4 Å². The Morgan fingerprint density at radius 2 is 1.92 bits per heavy atom.